The molecule has 108 valence electrons. The minimum absolute atomic E-state index is 0.0880. The maximum atomic E-state index is 13.3. The molecule has 2 rings (SSSR count). The molecule has 0 aliphatic rings. The number of benzene rings is 1. The van der Waals surface area contributed by atoms with Crippen LogP contribution in [0.15, 0.2) is 23.6 Å². The van der Waals surface area contributed by atoms with Gasteiger partial charge in [-0.15, -0.1) is 22.9 Å². The second kappa shape index (κ2) is 7.55. The Kier molecular flexibility index (Phi) is 5.73. The summed E-state index contributed by atoms with van der Waals surface area (Å²) in [6.07, 6.45) is 2.54. The van der Waals surface area contributed by atoms with Gasteiger partial charge in [-0.05, 0) is 31.4 Å². The zero-order chi connectivity index (χ0) is 14.4. The van der Waals surface area contributed by atoms with E-state index >= 15 is 0 Å². The third-order valence-corrected chi connectivity index (χ3v) is 3.90. The molecule has 0 amide bonds. The summed E-state index contributed by atoms with van der Waals surface area (Å²) in [7, 11) is 0. The Morgan fingerprint density at radius 2 is 2.10 bits per heavy atom. The van der Waals surface area contributed by atoms with E-state index in [1.54, 1.807) is 11.3 Å². The molecule has 1 aromatic heterocycles. The summed E-state index contributed by atoms with van der Waals surface area (Å²) < 4.78 is 31.3. The van der Waals surface area contributed by atoms with Crippen LogP contribution >= 0.6 is 22.9 Å². The summed E-state index contributed by atoms with van der Waals surface area (Å²) in [5, 5.41) is 3.00. The van der Waals surface area contributed by atoms with Crippen molar-refractivity contribution in [2.75, 3.05) is 6.61 Å². The number of nitrogens with zero attached hydrogens (tertiary/aromatic N) is 1. The first-order chi connectivity index (χ1) is 9.69. The number of hydrogen-bond donors (Lipinski definition) is 0. The van der Waals surface area contributed by atoms with Crippen LogP contribution in [0, 0.1) is 11.6 Å². The van der Waals surface area contributed by atoms with Gasteiger partial charge in [-0.1, -0.05) is 0 Å². The number of aryl methyl sites for hydroxylation is 1. The van der Waals surface area contributed by atoms with Crippen LogP contribution in [0.2, 0.25) is 0 Å². The third kappa shape index (κ3) is 4.42. The summed E-state index contributed by atoms with van der Waals surface area (Å²) in [5.41, 5.74) is 0.899. The lowest BCUT2D eigenvalue weighted by Crippen LogP contribution is -2.00. The average molecular weight is 318 g/mol. The molecule has 0 aliphatic carbocycles. The summed E-state index contributed by atoms with van der Waals surface area (Å²) in [4.78, 5) is 4.35. The lowest BCUT2D eigenvalue weighted by Gasteiger charge is -2.06. The number of halogens is 3. The Bertz CT molecular complexity index is 562. The van der Waals surface area contributed by atoms with Crippen LogP contribution in [0.3, 0.4) is 0 Å². The monoisotopic (exact) mass is 317 g/mol. The van der Waals surface area contributed by atoms with Crippen LogP contribution in [0.25, 0.3) is 0 Å². The van der Waals surface area contributed by atoms with E-state index in [1.165, 1.54) is 12.1 Å². The first kappa shape index (κ1) is 15.2. The molecule has 0 saturated heterocycles. The van der Waals surface area contributed by atoms with Crippen LogP contribution in [-0.2, 0) is 12.3 Å². The van der Waals surface area contributed by atoms with E-state index in [0.29, 0.717) is 12.5 Å². The third-order valence-electron chi connectivity index (χ3n) is 2.67. The Morgan fingerprint density at radius 1 is 1.25 bits per heavy atom. The van der Waals surface area contributed by atoms with E-state index in [2.05, 4.69) is 4.98 Å². The van der Waals surface area contributed by atoms with Gasteiger partial charge in [0.15, 0.2) is 11.6 Å². The molecule has 0 saturated carbocycles. The Labute approximate surface area is 125 Å². The van der Waals surface area contributed by atoms with Gasteiger partial charge in [-0.3, -0.25) is 0 Å². The number of hydrogen-bond acceptors (Lipinski definition) is 3. The standard InChI is InChI=1S/C14H14ClF2NOS/c15-8-11-9-20-14(18-11)3-1-2-6-19-13-5-4-10(16)7-12(13)17/h4-5,7,9H,1-3,6,8H2. The molecule has 0 radical (unpaired) electrons. The Hall–Kier alpha value is -1.20. The molecule has 1 aromatic carbocycles. The molecule has 0 N–H and O–H groups in total. The summed E-state index contributed by atoms with van der Waals surface area (Å²) in [6, 6.07) is 3.30. The molecule has 0 aliphatic heterocycles. The Balaban J connectivity index is 1.68. The van der Waals surface area contributed by atoms with Crippen LogP contribution in [-0.4, -0.2) is 11.6 Å². The first-order valence-corrected chi connectivity index (χ1v) is 7.67. The predicted octanol–water partition coefficient (Wildman–Crippen LogP) is 4.56. The highest BCUT2D eigenvalue weighted by molar-refractivity contribution is 7.09. The quantitative estimate of drug-likeness (QED) is 0.551. The average Bonchev–Trinajstić information content (AvgIpc) is 2.88. The lowest BCUT2D eigenvalue weighted by molar-refractivity contribution is 0.291. The maximum Gasteiger partial charge on any atom is 0.167 e. The second-order valence-electron chi connectivity index (χ2n) is 4.25. The highest BCUT2D eigenvalue weighted by atomic mass is 35.5. The van der Waals surface area contributed by atoms with Gasteiger partial charge in [0, 0.05) is 11.4 Å². The molecule has 6 heteroatoms. The van der Waals surface area contributed by atoms with Crippen LogP contribution < -0.4 is 4.74 Å². The minimum Gasteiger partial charge on any atom is -0.491 e. The van der Waals surface area contributed by atoms with Gasteiger partial charge in [0.2, 0.25) is 0 Å². The number of rotatable bonds is 7. The van der Waals surface area contributed by atoms with Crippen molar-refractivity contribution in [3.8, 4) is 5.75 Å². The van der Waals surface area contributed by atoms with Crippen molar-refractivity contribution < 1.29 is 13.5 Å². The molecule has 2 aromatic rings. The molecule has 0 unspecified atom stereocenters. The van der Waals surface area contributed by atoms with E-state index in [-0.39, 0.29) is 5.75 Å². The second-order valence-corrected chi connectivity index (χ2v) is 5.46. The van der Waals surface area contributed by atoms with Crippen molar-refractivity contribution in [2.45, 2.75) is 25.1 Å². The van der Waals surface area contributed by atoms with Crippen molar-refractivity contribution >= 4 is 22.9 Å². The molecule has 1 heterocycles. The van der Waals surface area contributed by atoms with Gasteiger partial charge in [-0.25, -0.2) is 13.8 Å². The van der Waals surface area contributed by atoms with Crippen molar-refractivity contribution in [3.63, 3.8) is 0 Å². The van der Waals surface area contributed by atoms with E-state index < -0.39 is 11.6 Å². The fraction of sp³-hybridized carbons (Fsp3) is 0.357. The van der Waals surface area contributed by atoms with E-state index in [4.69, 9.17) is 16.3 Å². The van der Waals surface area contributed by atoms with Gasteiger partial charge in [0.25, 0.3) is 0 Å². The van der Waals surface area contributed by atoms with E-state index in [0.717, 1.165) is 36.0 Å². The van der Waals surface area contributed by atoms with Gasteiger partial charge >= 0.3 is 0 Å². The predicted molar refractivity (Wildman–Crippen MR) is 76.5 cm³/mol. The Morgan fingerprint density at radius 3 is 2.80 bits per heavy atom. The number of thiazole rings is 1. The van der Waals surface area contributed by atoms with Crippen LogP contribution in [0.1, 0.15) is 23.5 Å². The van der Waals surface area contributed by atoms with Crippen molar-refractivity contribution in [3.05, 3.63) is 45.9 Å². The van der Waals surface area contributed by atoms with E-state index in [9.17, 15) is 8.78 Å². The normalized spacial score (nSPS) is 10.8. The van der Waals surface area contributed by atoms with Gasteiger partial charge in [0.05, 0.1) is 23.2 Å². The summed E-state index contributed by atoms with van der Waals surface area (Å²) >= 11 is 7.27. The van der Waals surface area contributed by atoms with Crippen LogP contribution in [0.4, 0.5) is 8.78 Å². The van der Waals surface area contributed by atoms with Crippen molar-refractivity contribution in [1.29, 1.82) is 0 Å². The molecule has 0 bridgehead atoms. The SMILES string of the molecule is Fc1ccc(OCCCCc2nc(CCl)cs2)c(F)c1. The molecule has 2 nitrogen and oxygen atoms in total. The summed E-state index contributed by atoms with van der Waals surface area (Å²) in [6.45, 7) is 0.399. The highest BCUT2D eigenvalue weighted by Gasteiger charge is 2.05. The maximum absolute atomic E-state index is 13.3. The zero-order valence-electron chi connectivity index (χ0n) is 10.7. The zero-order valence-corrected chi connectivity index (χ0v) is 12.3. The topological polar surface area (TPSA) is 22.1 Å². The highest BCUT2D eigenvalue weighted by Crippen LogP contribution is 2.18. The molecular formula is C14H14ClF2NOS. The van der Waals surface area contributed by atoms with Crippen molar-refractivity contribution in [1.82, 2.24) is 4.98 Å². The number of aromatic nitrogens is 1. The van der Waals surface area contributed by atoms with Crippen LogP contribution in [0.5, 0.6) is 5.75 Å². The van der Waals surface area contributed by atoms with Gasteiger partial charge < -0.3 is 4.74 Å². The summed E-state index contributed by atoms with van der Waals surface area (Å²) in [5.74, 6) is -0.751. The van der Waals surface area contributed by atoms with Gasteiger partial charge in [-0.2, -0.15) is 0 Å². The fourth-order valence-corrected chi connectivity index (χ4v) is 2.75. The fourth-order valence-electron chi connectivity index (χ4n) is 1.68. The minimum atomic E-state index is -0.670. The largest absolute Gasteiger partial charge is 0.491 e. The van der Waals surface area contributed by atoms with E-state index in [1.807, 2.05) is 5.38 Å². The lowest BCUT2D eigenvalue weighted by atomic mass is 10.2. The molecular weight excluding hydrogens is 304 g/mol. The smallest absolute Gasteiger partial charge is 0.167 e. The molecule has 0 spiro atoms. The number of ether oxygens (including phenoxy) is 1. The number of alkyl halides is 1. The molecule has 20 heavy (non-hydrogen) atoms. The molecule has 0 fully saturated rings. The van der Waals surface area contributed by atoms with Gasteiger partial charge in [0.1, 0.15) is 5.82 Å². The first-order valence-electron chi connectivity index (χ1n) is 6.26. The van der Waals surface area contributed by atoms with Crippen molar-refractivity contribution in [2.24, 2.45) is 0 Å². The molecule has 0 atom stereocenters. The number of unbranched alkanes of at least 4 members (excludes halogenated alkanes) is 1.